The van der Waals surface area contributed by atoms with E-state index in [0.717, 1.165) is 47.1 Å². The Hall–Kier alpha value is -3.84. The van der Waals surface area contributed by atoms with Crippen LogP contribution in [0.2, 0.25) is 0 Å². The summed E-state index contributed by atoms with van der Waals surface area (Å²) in [7, 11) is 0. The molecule has 1 fully saturated rings. The summed E-state index contributed by atoms with van der Waals surface area (Å²) >= 11 is 0. The molecule has 6 nitrogen and oxygen atoms in total. The minimum absolute atomic E-state index is 0.152. The van der Waals surface area contributed by atoms with Crippen molar-refractivity contribution < 1.29 is 32.1 Å². The van der Waals surface area contributed by atoms with E-state index in [9.17, 15) is 13.2 Å². The fourth-order valence-corrected chi connectivity index (χ4v) is 5.11. The Morgan fingerprint density at radius 3 is 2.61 bits per heavy atom. The molecule has 2 atom stereocenters. The van der Waals surface area contributed by atoms with Crippen LogP contribution >= 0.6 is 0 Å². The minimum Gasteiger partial charge on any atom is -0.457 e. The molecule has 2 aliphatic rings. The average Bonchev–Trinajstić information content (AvgIpc) is 3.47. The predicted octanol–water partition coefficient (Wildman–Crippen LogP) is 7.04. The van der Waals surface area contributed by atoms with Gasteiger partial charge in [0, 0.05) is 24.2 Å². The van der Waals surface area contributed by atoms with Crippen LogP contribution in [-0.2, 0) is 26.8 Å². The van der Waals surface area contributed by atoms with Crippen LogP contribution in [-0.4, -0.2) is 23.8 Å². The van der Waals surface area contributed by atoms with Gasteiger partial charge in [-0.3, -0.25) is 0 Å². The van der Waals surface area contributed by atoms with Gasteiger partial charge in [0.25, 0.3) is 5.97 Å². The first-order valence-electron chi connectivity index (χ1n) is 12.2. The lowest BCUT2D eigenvalue weighted by molar-refractivity contribution is -0.326. The van der Waals surface area contributed by atoms with Crippen molar-refractivity contribution in [1.82, 2.24) is 4.57 Å². The van der Waals surface area contributed by atoms with E-state index < -0.39 is 23.3 Å². The Morgan fingerprint density at radius 1 is 1.05 bits per heavy atom. The summed E-state index contributed by atoms with van der Waals surface area (Å²) in [5.41, 5.74) is 2.70. The van der Waals surface area contributed by atoms with E-state index in [4.69, 9.17) is 24.2 Å². The maximum absolute atomic E-state index is 13.1. The number of nitrogens with zero attached hydrogens (tertiary/aromatic N) is 2. The van der Waals surface area contributed by atoms with Crippen LogP contribution in [0.5, 0.6) is 11.5 Å². The molecule has 4 aromatic rings. The molecular formula is C29H23F3N2O4. The number of rotatable bonds is 3. The quantitative estimate of drug-likeness (QED) is 0.290. The maximum Gasteiger partial charge on any atom is 0.417 e. The lowest BCUT2D eigenvalue weighted by Gasteiger charge is -2.24. The largest absolute Gasteiger partial charge is 0.457 e. The zero-order chi connectivity index (χ0) is 26.5. The minimum atomic E-state index is -4.61. The number of alkyl halides is 3. The Morgan fingerprint density at radius 2 is 1.84 bits per heavy atom. The summed E-state index contributed by atoms with van der Waals surface area (Å²) in [5.74, 6) is -0.447. The highest BCUT2D eigenvalue weighted by atomic mass is 19.4. The molecule has 2 aliphatic heterocycles. The van der Waals surface area contributed by atoms with Crippen molar-refractivity contribution in [3.05, 3.63) is 89.1 Å². The van der Waals surface area contributed by atoms with Crippen molar-refractivity contribution in [2.45, 2.75) is 38.0 Å². The molecule has 38 heavy (non-hydrogen) atoms. The van der Waals surface area contributed by atoms with Crippen molar-refractivity contribution in [1.29, 1.82) is 5.26 Å². The summed E-state index contributed by atoms with van der Waals surface area (Å²) in [6.45, 7) is 2.72. The van der Waals surface area contributed by atoms with Gasteiger partial charge in [-0.25, -0.2) is 0 Å². The number of fused-ring (bicyclic) bond motifs is 3. The Labute approximate surface area is 216 Å². The number of nitriles is 1. The molecule has 0 spiro atoms. The van der Waals surface area contributed by atoms with E-state index in [-0.39, 0.29) is 11.9 Å². The van der Waals surface area contributed by atoms with Gasteiger partial charge in [0.2, 0.25) is 0 Å². The molecule has 6 rings (SSSR count). The molecule has 194 valence electrons. The van der Waals surface area contributed by atoms with Gasteiger partial charge in [-0.15, -0.1) is 0 Å². The van der Waals surface area contributed by atoms with Crippen LogP contribution in [0.3, 0.4) is 0 Å². The third-order valence-corrected chi connectivity index (χ3v) is 6.86. The van der Waals surface area contributed by atoms with E-state index in [1.165, 1.54) is 11.6 Å². The number of halogens is 3. The molecule has 1 saturated heterocycles. The first-order valence-corrected chi connectivity index (χ1v) is 12.2. The maximum atomic E-state index is 13.1. The zero-order valence-electron chi connectivity index (χ0n) is 20.4. The van der Waals surface area contributed by atoms with Gasteiger partial charge in [-0.2, -0.15) is 18.4 Å². The second-order valence-corrected chi connectivity index (χ2v) is 9.41. The van der Waals surface area contributed by atoms with Crippen LogP contribution in [0, 0.1) is 11.3 Å². The fraction of sp³-hybridized carbons (Fsp3) is 0.276. The average molecular weight is 521 g/mol. The second kappa shape index (κ2) is 9.17. The van der Waals surface area contributed by atoms with Crippen molar-refractivity contribution in [3.8, 4) is 23.3 Å². The highest BCUT2D eigenvalue weighted by Crippen LogP contribution is 2.41. The van der Waals surface area contributed by atoms with Gasteiger partial charge >= 0.3 is 6.18 Å². The number of hydrogen-bond acceptors (Lipinski definition) is 5. The highest BCUT2D eigenvalue weighted by molar-refractivity contribution is 5.89. The molecule has 0 amide bonds. The van der Waals surface area contributed by atoms with E-state index >= 15 is 0 Å². The molecule has 1 aromatic heterocycles. The van der Waals surface area contributed by atoms with Crippen LogP contribution in [0.15, 0.2) is 66.9 Å². The molecule has 2 bridgehead atoms. The lowest BCUT2D eigenvalue weighted by Crippen LogP contribution is -2.30. The Balaban J connectivity index is 1.32. The monoisotopic (exact) mass is 520 g/mol. The summed E-state index contributed by atoms with van der Waals surface area (Å²) < 4.78 is 65.0. The van der Waals surface area contributed by atoms with Gasteiger partial charge in [0.15, 0.2) is 0 Å². The summed E-state index contributed by atoms with van der Waals surface area (Å²) in [6, 6.07) is 18.1. The van der Waals surface area contributed by atoms with Gasteiger partial charge in [-0.05, 0) is 72.5 Å². The van der Waals surface area contributed by atoms with E-state index in [1.807, 2.05) is 18.2 Å². The van der Waals surface area contributed by atoms with Crippen molar-refractivity contribution >= 4 is 10.9 Å². The van der Waals surface area contributed by atoms with Crippen LogP contribution in [0.1, 0.15) is 41.7 Å². The molecule has 3 heterocycles. The Kier molecular flexibility index (Phi) is 5.91. The normalized spacial score (nSPS) is 21.3. The Bertz CT molecular complexity index is 1560. The molecular weight excluding hydrogens is 497 g/mol. The van der Waals surface area contributed by atoms with E-state index in [1.54, 1.807) is 25.1 Å². The van der Waals surface area contributed by atoms with Crippen molar-refractivity contribution in [2.24, 2.45) is 0 Å². The first kappa shape index (κ1) is 24.5. The SMILES string of the molecule is CC12OCCCc3cn(-c4ccc(Oc5ccc(C(F)(F)F)c(C#N)c5)cc4)c4cccc(c34)C(CO1)O2. The number of ether oxygens (including phenoxy) is 4. The molecule has 2 unspecified atom stereocenters. The van der Waals surface area contributed by atoms with E-state index in [0.29, 0.717) is 19.0 Å². The van der Waals surface area contributed by atoms with Crippen LogP contribution in [0.4, 0.5) is 13.2 Å². The number of benzene rings is 3. The third-order valence-electron chi connectivity index (χ3n) is 6.86. The molecule has 0 aliphatic carbocycles. The molecule has 0 radical (unpaired) electrons. The summed E-state index contributed by atoms with van der Waals surface area (Å²) in [4.78, 5) is 0. The van der Waals surface area contributed by atoms with Crippen LogP contribution < -0.4 is 4.74 Å². The van der Waals surface area contributed by atoms with Crippen LogP contribution in [0.25, 0.3) is 16.6 Å². The van der Waals surface area contributed by atoms with Gasteiger partial charge < -0.3 is 23.5 Å². The second-order valence-electron chi connectivity index (χ2n) is 9.41. The van der Waals surface area contributed by atoms with Gasteiger partial charge in [0.05, 0.1) is 35.9 Å². The van der Waals surface area contributed by atoms with E-state index in [2.05, 4.69) is 22.9 Å². The molecule has 0 saturated carbocycles. The summed E-state index contributed by atoms with van der Waals surface area (Å²) in [5, 5.41) is 10.3. The molecule has 9 heteroatoms. The third kappa shape index (κ3) is 4.41. The molecule has 3 aromatic carbocycles. The standard InChI is InChI=1S/C29H23F3N2O4/c1-28-35-13-3-4-18-16-34(25-6-2-5-23(27(18)25)26(38-28)17-36-28)20-7-9-21(10-8-20)37-22-11-12-24(29(30,31)32)19(14-22)15-33/h2,5-12,14,16,26H,3-4,13,17H2,1H3. The number of aromatic nitrogens is 1. The number of hydrogen-bond donors (Lipinski definition) is 0. The fourth-order valence-electron chi connectivity index (χ4n) is 5.11. The van der Waals surface area contributed by atoms with Crippen molar-refractivity contribution in [2.75, 3.05) is 13.2 Å². The topological polar surface area (TPSA) is 65.6 Å². The zero-order valence-corrected chi connectivity index (χ0v) is 20.4. The predicted molar refractivity (Wildman–Crippen MR) is 132 cm³/mol. The highest BCUT2D eigenvalue weighted by Gasteiger charge is 2.40. The molecule has 0 N–H and O–H groups in total. The lowest BCUT2D eigenvalue weighted by atomic mass is 9.99. The first-order chi connectivity index (χ1) is 18.2. The van der Waals surface area contributed by atoms with Crippen molar-refractivity contribution in [3.63, 3.8) is 0 Å². The van der Waals surface area contributed by atoms with Gasteiger partial charge in [-0.1, -0.05) is 12.1 Å². The number of aryl methyl sites for hydroxylation is 1. The van der Waals surface area contributed by atoms with Gasteiger partial charge in [0.1, 0.15) is 17.6 Å². The summed E-state index contributed by atoms with van der Waals surface area (Å²) in [6.07, 6.45) is -1.08. The smallest absolute Gasteiger partial charge is 0.417 e.